The SMILES string of the molecule is COc1cc([C@H]2C(C(=O)OC(C)C)=C(C)Nc3ncnn32)cc(Br)c1O. The number of phenols is 1. The molecule has 9 heteroatoms. The van der Waals surface area contributed by atoms with Gasteiger partial charge in [0.05, 0.1) is 23.3 Å². The maximum atomic E-state index is 12.8. The first-order chi connectivity index (χ1) is 12.3. The molecule has 0 amide bonds. The minimum absolute atomic E-state index is 0.0176. The molecule has 2 aromatic rings. The Bertz CT molecular complexity index is 891. The number of hydrogen-bond donors (Lipinski definition) is 2. The normalized spacial score (nSPS) is 16.3. The van der Waals surface area contributed by atoms with Crippen LogP contribution in [0.4, 0.5) is 5.95 Å². The van der Waals surface area contributed by atoms with E-state index in [4.69, 9.17) is 9.47 Å². The number of allylic oxidation sites excluding steroid dienone is 1. The lowest BCUT2D eigenvalue weighted by atomic mass is 9.95. The second-order valence-corrected chi connectivity index (χ2v) is 6.96. The predicted octanol–water partition coefficient (Wildman–Crippen LogP) is 3.00. The van der Waals surface area contributed by atoms with Gasteiger partial charge in [0, 0.05) is 5.70 Å². The van der Waals surface area contributed by atoms with Crippen molar-refractivity contribution in [1.82, 2.24) is 14.8 Å². The first-order valence-electron chi connectivity index (χ1n) is 7.98. The zero-order chi connectivity index (χ0) is 19.0. The topological polar surface area (TPSA) is 98.5 Å². The molecule has 0 fully saturated rings. The van der Waals surface area contributed by atoms with Crippen molar-refractivity contribution in [2.75, 3.05) is 12.4 Å². The molecule has 1 aliphatic rings. The Balaban J connectivity index is 2.18. The largest absolute Gasteiger partial charge is 0.503 e. The van der Waals surface area contributed by atoms with Crippen LogP contribution in [0.25, 0.3) is 0 Å². The second-order valence-electron chi connectivity index (χ2n) is 6.10. The number of benzene rings is 1. The van der Waals surface area contributed by atoms with Crippen LogP contribution >= 0.6 is 15.9 Å². The number of ether oxygens (including phenoxy) is 2. The molecule has 0 unspecified atom stereocenters. The molecule has 2 heterocycles. The van der Waals surface area contributed by atoms with Gasteiger partial charge in [-0.3, -0.25) is 0 Å². The minimum atomic E-state index is -0.578. The molecule has 0 saturated heterocycles. The van der Waals surface area contributed by atoms with Crippen molar-refractivity contribution >= 4 is 27.8 Å². The number of rotatable bonds is 4. The Hall–Kier alpha value is -2.55. The van der Waals surface area contributed by atoms with Gasteiger partial charge in [0.15, 0.2) is 11.5 Å². The lowest BCUT2D eigenvalue weighted by molar-refractivity contribution is -0.143. The number of methoxy groups -OCH3 is 1. The van der Waals surface area contributed by atoms with E-state index in [0.29, 0.717) is 27.3 Å². The standard InChI is InChI=1S/C17H19BrN4O4/c1-8(2)26-16(24)13-9(3)21-17-19-7-20-22(17)14(13)10-5-11(18)15(23)12(6-10)25-4/h5-8,14,23H,1-4H3,(H,19,20,21)/t14-/m0/s1. The Morgan fingerprint density at radius 1 is 1.42 bits per heavy atom. The summed E-state index contributed by atoms with van der Waals surface area (Å²) in [6.45, 7) is 5.37. The molecule has 3 rings (SSSR count). The summed E-state index contributed by atoms with van der Waals surface area (Å²) in [6.07, 6.45) is 1.15. The van der Waals surface area contributed by atoms with Crippen LogP contribution in [-0.2, 0) is 9.53 Å². The quantitative estimate of drug-likeness (QED) is 0.730. The lowest BCUT2D eigenvalue weighted by Gasteiger charge is -2.29. The summed E-state index contributed by atoms with van der Waals surface area (Å²) in [5, 5.41) is 17.4. The Morgan fingerprint density at radius 2 is 2.15 bits per heavy atom. The van der Waals surface area contributed by atoms with Crippen molar-refractivity contribution in [3.8, 4) is 11.5 Å². The van der Waals surface area contributed by atoms with E-state index in [9.17, 15) is 9.90 Å². The van der Waals surface area contributed by atoms with Gasteiger partial charge in [0.25, 0.3) is 0 Å². The molecule has 1 aliphatic heterocycles. The van der Waals surface area contributed by atoms with Crippen LogP contribution in [0.2, 0.25) is 0 Å². The second kappa shape index (κ2) is 6.99. The molecule has 2 N–H and O–H groups in total. The van der Waals surface area contributed by atoms with Gasteiger partial charge < -0.3 is 19.9 Å². The van der Waals surface area contributed by atoms with E-state index < -0.39 is 12.0 Å². The number of carbonyl (C=O) groups excluding carboxylic acids is 1. The maximum Gasteiger partial charge on any atom is 0.338 e. The van der Waals surface area contributed by atoms with E-state index in [0.717, 1.165) is 0 Å². The van der Waals surface area contributed by atoms with E-state index in [1.807, 2.05) is 0 Å². The summed E-state index contributed by atoms with van der Waals surface area (Å²) >= 11 is 3.32. The number of phenolic OH excluding ortho intramolecular Hbond substituents is 1. The van der Waals surface area contributed by atoms with Gasteiger partial charge in [0.2, 0.25) is 5.95 Å². The van der Waals surface area contributed by atoms with Crippen LogP contribution in [0, 0.1) is 0 Å². The summed E-state index contributed by atoms with van der Waals surface area (Å²) in [5.74, 6) is 0.330. The van der Waals surface area contributed by atoms with Gasteiger partial charge in [-0.1, -0.05) is 0 Å². The van der Waals surface area contributed by atoms with Crippen LogP contribution in [-0.4, -0.2) is 39.1 Å². The molecule has 0 saturated carbocycles. The Morgan fingerprint density at radius 3 is 2.81 bits per heavy atom. The number of hydrogen-bond acceptors (Lipinski definition) is 7. The number of aromatic nitrogens is 3. The van der Waals surface area contributed by atoms with Crippen molar-refractivity contribution in [2.24, 2.45) is 0 Å². The zero-order valence-corrected chi connectivity index (χ0v) is 16.4. The first-order valence-corrected chi connectivity index (χ1v) is 8.77. The molecule has 8 nitrogen and oxygen atoms in total. The number of fused-ring (bicyclic) bond motifs is 1. The lowest BCUT2D eigenvalue weighted by Crippen LogP contribution is -2.30. The number of anilines is 1. The molecule has 1 aromatic carbocycles. The summed E-state index contributed by atoms with van der Waals surface area (Å²) in [7, 11) is 1.46. The molecular formula is C17H19BrN4O4. The first kappa shape index (κ1) is 18.2. The van der Waals surface area contributed by atoms with Gasteiger partial charge >= 0.3 is 5.97 Å². The molecular weight excluding hydrogens is 404 g/mol. The van der Waals surface area contributed by atoms with Crippen LogP contribution in [0.1, 0.15) is 32.4 Å². The number of nitrogens with one attached hydrogen (secondary N) is 1. The van der Waals surface area contributed by atoms with Crippen LogP contribution in [0.5, 0.6) is 11.5 Å². The number of halogens is 1. The van der Waals surface area contributed by atoms with Crippen LogP contribution < -0.4 is 10.1 Å². The number of nitrogens with zero attached hydrogens (tertiary/aromatic N) is 3. The van der Waals surface area contributed by atoms with E-state index in [1.165, 1.54) is 13.4 Å². The maximum absolute atomic E-state index is 12.8. The third-order valence-corrected chi connectivity index (χ3v) is 4.55. The fourth-order valence-electron chi connectivity index (χ4n) is 2.85. The van der Waals surface area contributed by atoms with E-state index in [2.05, 4.69) is 31.3 Å². The molecule has 138 valence electrons. The molecule has 26 heavy (non-hydrogen) atoms. The highest BCUT2D eigenvalue weighted by Crippen LogP contribution is 2.42. The third kappa shape index (κ3) is 3.14. The van der Waals surface area contributed by atoms with Crippen LogP contribution in [0.3, 0.4) is 0 Å². The van der Waals surface area contributed by atoms with Crippen molar-refractivity contribution in [3.05, 3.63) is 39.8 Å². The van der Waals surface area contributed by atoms with E-state index >= 15 is 0 Å². The molecule has 0 aliphatic carbocycles. The molecule has 1 aromatic heterocycles. The fraction of sp³-hybridized carbons (Fsp3) is 0.353. The van der Waals surface area contributed by atoms with Crippen molar-refractivity contribution in [3.63, 3.8) is 0 Å². The highest BCUT2D eigenvalue weighted by atomic mass is 79.9. The summed E-state index contributed by atoms with van der Waals surface area (Å²) in [4.78, 5) is 16.9. The van der Waals surface area contributed by atoms with E-state index in [-0.39, 0.29) is 17.6 Å². The minimum Gasteiger partial charge on any atom is -0.503 e. The van der Waals surface area contributed by atoms with Crippen LogP contribution in [0.15, 0.2) is 34.2 Å². The Kier molecular flexibility index (Phi) is 4.90. The number of esters is 1. The average molecular weight is 423 g/mol. The molecule has 0 spiro atoms. The number of carbonyl (C=O) groups is 1. The van der Waals surface area contributed by atoms with Crippen molar-refractivity contribution < 1.29 is 19.4 Å². The number of aromatic hydroxyl groups is 1. The predicted molar refractivity (Wildman–Crippen MR) is 98.1 cm³/mol. The summed E-state index contributed by atoms with van der Waals surface area (Å²) in [6, 6.07) is 2.80. The van der Waals surface area contributed by atoms with Gasteiger partial charge in [-0.15, -0.1) is 0 Å². The average Bonchev–Trinajstić information content (AvgIpc) is 3.03. The fourth-order valence-corrected chi connectivity index (χ4v) is 3.31. The Labute approximate surface area is 159 Å². The molecule has 0 radical (unpaired) electrons. The monoisotopic (exact) mass is 422 g/mol. The zero-order valence-electron chi connectivity index (χ0n) is 14.8. The van der Waals surface area contributed by atoms with Gasteiger partial charge in [0.1, 0.15) is 12.4 Å². The van der Waals surface area contributed by atoms with E-state index in [1.54, 1.807) is 37.6 Å². The highest BCUT2D eigenvalue weighted by Gasteiger charge is 2.35. The van der Waals surface area contributed by atoms with Gasteiger partial charge in [-0.2, -0.15) is 10.1 Å². The molecule has 1 atom stereocenters. The van der Waals surface area contributed by atoms with Crippen molar-refractivity contribution in [2.45, 2.75) is 32.9 Å². The smallest absolute Gasteiger partial charge is 0.338 e. The molecule has 0 bridgehead atoms. The third-order valence-electron chi connectivity index (χ3n) is 3.94. The highest BCUT2D eigenvalue weighted by molar-refractivity contribution is 9.10. The van der Waals surface area contributed by atoms with Gasteiger partial charge in [-0.05, 0) is 54.4 Å². The summed E-state index contributed by atoms with van der Waals surface area (Å²) < 4.78 is 12.7. The summed E-state index contributed by atoms with van der Waals surface area (Å²) in [5.41, 5.74) is 1.73. The van der Waals surface area contributed by atoms with Crippen molar-refractivity contribution in [1.29, 1.82) is 0 Å². The van der Waals surface area contributed by atoms with Gasteiger partial charge in [-0.25, -0.2) is 9.48 Å².